The van der Waals surface area contributed by atoms with E-state index >= 15 is 0 Å². The number of rotatable bonds is 2. The first-order chi connectivity index (χ1) is 9.70. The van der Waals surface area contributed by atoms with E-state index in [1.54, 1.807) is 6.20 Å². The van der Waals surface area contributed by atoms with Crippen molar-refractivity contribution in [2.24, 2.45) is 5.92 Å². The molecule has 0 saturated carbocycles. The Morgan fingerprint density at radius 1 is 1.45 bits per heavy atom. The summed E-state index contributed by atoms with van der Waals surface area (Å²) in [5.41, 5.74) is 1.60. The number of thioether (sulfide) groups is 1. The van der Waals surface area contributed by atoms with Gasteiger partial charge in [0.15, 0.2) is 5.78 Å². The third-order valence-corrected chi connectivity index (χ3v) is 5.50. The van der Waals surface area contributed by atoms with Crippen LogP contribution in [0.3, 0.4) is 0 Å². The van der Waals surface area contributed by atoms with E-state index in [4.69, 9.17) is 4.74 Å². The third-order valence-electron chi connectivity index (χ3n) is 4.51. The molecule has 2 saturated heterocycles. The van der Waals surface area contributed by atoms with Crippen LogP contribution in [-0.4, -0.2) is 34.5 Å². The Bertz CT molecular complexity index is 491. The fourth-order valence-electron chi connectivity index (χ4n) is 3.28. The SMILES string of the molecule is Cc1cccnc1C(=O)C1CCOC2(CCSCC2)C1. The van der Waals surface area contributed by atoms with Crippen LogP contribution in [0.25, 0.3) is 0 Å². The van der Waals surface area contributed by atoms with E-state index in [1.165, 1.54) is 0 Å². The predicted molar refractivity (Wildman–Crippen MR) is 81.3 cm³/mol. The highest BCUT2D eigenvalue weighted by Gasteiger charge is 2.41. The van der Waals surface area contributed by atoms with Crippen molar-refractivity contribution in [1.29, 1.82) is 0 Å². The Labute approximate surface area is 124 Å². The van der Waals surface area contributed by atoms with Gasteiger partial charge in [0.2, 0.25) is 0 Å². The number of nitrogens with zero attached hydrogens (tertiary/aromatic N) is 1. The standard InChI is InChI=1S/C16H21NO2S/c1-12-3-2-7-17-14(12)15(18)13-4-8-19-16(11-13)5-9-20-10-6-16/h2-3,7,13H,4-6,8-11H2,1H3. The summed E-state index contributed by atoms with van der Waals surface area (Å²) >= 11 is 1.99. The summed E-state index contributed by atoms with van der Waals surface area (Å²) in [6.45, 7) is 2.68. The number of Topliss-reactive ketones (excluding diaryl/α,β-unsaturated/α-hetero) is 1. The van der Waals surface area contributed by atoms with Crippen molar-refractivity contribution in [3.8, 4) is 0 Å². The average molecular weight is 291 g/mol. The molecular weight excluding hydrogens is 270 g/mol. The highest BCUT2D eigenvalue weighted by atomic mass is 32.2. The molecule has 1 atom stereocenters. The van der Waals surface area contributed by atoms with Crippen molar-refractivity contribution in [2.45, 2.75) is 38.2 Å². The van der Waals surface area contributed by atoms with Crippen LogP contribution in [0.4, 0.5) is 0 Å². The zero-order valence-corrected chi connectivity index (χ0v) is 12.7. The molecule has 1 aromatic heterocycles. The number of ketones is 1. The van der Waals surface area contributed by atoms with Crippen LogP contribution < -0.4 is 0 Å². The molecule has 2 fully saturated rings. The van der Waals surface area contributed by atoms with Crippen molar-refractivity contribution < 1.29 is 9.53 Å². The Balaban J connectivity index is 1.77. The van der Waals surface area contributed by atoms with E-state index < -0.39 is 0 Å². The summed E-state index contributed by atoms with van der Waals surface area (Å²) in [5.74, 6) is 2.61. The summed E-state index contributed by atoms with van der Waals surface area (Å²) < 4.78 is 6.07. The second-order valence-electron chi connectivity index (χ2n) is 5.87. The molecule has 2 aliphatic heterocycles. The molecule has 1 unspecified atom stereocenters. The first kappa shape index (κ1) is 14.1. The van der Waals surface area contributed by atoms with E-state index in [-0.39, 0.29) is 17.3 Å². The van der Waals surface area contributed by atoms with Crippen LogP contribution in [0.5, 0.6) is 0 Å². The Kier molecular flexibility index (Phi) is 4.13. The number of carbonyl (C=O) groups excluding carboxylic acids is 1. The number of carbonyl (C=O) groups is 1. The lowest BCUT2D eigenvalue weighted by molar-refractivity contribution is -0.0960. The predicted octanol–water partition coefficient (Wildman–Crippen LogP) is 3.27. The van der Waals surface area contributed by atoms with Gasteiger partial charge in [-0.3, -0.25) is 9.78 Å². The van der Waals surface area contributed by atoms with Gasteiger partial charge in [-0.05, 0) is 55.7 Å². The molecule has 2 aliphatic rings. The molecule has 1 spiro atoms. The molecular formula is C16H21NO2S. The molecule has 3 heterocycles. The number of hydrogen-bond acceptors (Lipinski definition) is 4. The zero-order valence-electron chi connectivity index (χ0n) is 11.9. The fourth-order valence-corrected chi connectivity index (χ4v) is 4.52. The number of pyridine rings is 1. The molecule has 0 aliphatic carbocycles. The molecule has 0 aromatic carbocycles. The lowest BCUT2D eigenvalue weighted by atomic mass is 9.79. The minimum absolute atomic E-state index is 0.0352. The van der Waals surface area contributed by atoms with Crippen LogP contribution in [0.2, 0.25) is 0 Å². The summed E-state index contributed by atoms with van der Waals surface area (Å²) in [6, 6.07) is 3.85. The van der Waals surface area contributed by atoms with Crippen molar-refractivity contribution in [1.82, 2.24) is 4.98 Å². The zero-order chi connectivity index (χ0) is 14.0. The van der Waals surface area contributed by atoms with Gasteiger partial charge in [0.25, 0.3) is 0 Å². The Hall–Kier alpha value is -0.870. The van der Waals surface area contributed by atoms with Gasteiger partial charge in [0.1, 0.15) is 5.69 Å². The molecule has 20 heavy (non-hydrogen) atoms. The molecule has 108 valence electrons. The molecule has 4 heteroatoms. The molecule has 0 N–H and O–H groups in total. The van der Waals surface area contributed by atoms with Gasteiger partial charge in [-0.25, -0.2) is 0 Å². The normalized spacial score (nSPS) is 25.6. The minimum atomic E-state index is -0.0352. The number of ether oxygens (including phenoxy) is 1. The Morgan fingerprint density at radius 2 is 2.25 bits per heavy atom. The lowest BCUT2D eigenvalue weighted by Gasteiger charge is -2.42. The topological polar surface area (TPSA) is 39.2 Å². The first-order valence-electron chi connectivity index (χ1n) is 7.38. The number of aryl methyl sites for hydroxylation is 1. The Morgan fingerprint density at radius 3 is 3.00 bits per heavy atom. The summed E-state index contributed by atoms with van der Waals surface area (Å²) in [5, 5.41) is 0. The number of hydrogen-bond donors (Lipinski definition) is 0. The molecule has 0 amide bonds. The largest absolute Gasteiger partial charge is 0.375 e. The third kappa shape index (κ3) is 2.77. The lowest BCUT2D eigenvalue weighted by Crippen LogP contribution is -2.44. The summed E-state index contributed by atoms with van der Waals surface area (Å²) in [4.78, 5) is 17.0. The second kappa shape index (κ2) is 5.86. The van der Waals surface area contributed by atoms with Gasteiger partial charge >= 0.3 is 0 Å². The highest BCUT2D eigenvalue weighted by molar-refractivity contribution is 7.99. The monoisotopic (exact) mass is 291 g/mol. The van der Waals surface area contributed by atoms with E-state index in [1.807, 2.05) is 30.8 Å². The molecule has 3 rings (SSSR count). The van der Waals surface area contributed by atoms with E-state index in [2.05, 4.69) is 4.98 Å². The van der Waals surface area contributed by atoms with Crippen molar-refractivity contribution in [3.05, 3.63) is 29.6 Å². The smallest absolute Gasteiger partial charge is 0.184 e. The summed E-state index contributed by atoms with van der Waals surface area (Å²) in [6.07, 6.45) is 5.60. The molecule has 3 nitrogen and oxygen atoms in total. The maximum atomic E-state index is 12.7. The van der Waals surface area contributed by atoms with Crippen LogP contribution in [0.1, 0.15) is 41.7 Å². The quantitative estimate of drug-likeness (QED) is 0.784. The van der Waals surface area contributed by atoms with Gasteiger partial charge in [0, 0.05) is 18.7 Å². The first-order valence-corrected chi connectivity index (χ1v) is 8.53. The second-order valence-corrected chi connectivity index (χ2v) is 7.09. The van der Waals surface area contributed by atoms with Crippen molar-refractivity contribution in [2.75, 3.05) is 18.1 Å². The van der Waals surface area contributed by atoms with Crippen molar-refractivity contribution >= 4 is 17.5 Å². The minimum Gasteiger partial charge on any atom is -0.375 e. The number of aromatic nitrogens is 1. The molecule has 0 radical (unpaired) electrons. The van der Waals surface area contributed by atoms with Crippen LogP contribution in [0, 0.1) is 12.8 Å². The summed E-state index contributed by atoms with van der Waals surface area (Å²) in [7, 11) is 0. The van der Waals surface area contributed by atoms with Gasteiger partial charge < -0.3 is 4.74 Å². The van der Waals surface area contributed by atoms with Crippen LogP contribution in [0.15, 0.2) is 18.3 Å². The van der Waals surface area contributed by atoms with Crippen LogP contribution >= 0.6 is 11.8 Å². The van der Waals surface area contributed by atoms with E-state index in [0.29, 0.717) is 12.3 Å². The van der Waals surface area contributed by atoms with Gasteiger partial charge in [-0.1, -0.05) is 6.07 Å². The average Bonchev–Trinajstić information content (AvgIpc) is 2.48. The molecule has 0 bridgehead atoms. The highest BCUT2D eigenvalue weighted by Crippen LogP contribution is 2.40. The van der Waals surface area contributed by atoms with Gasteiger partial charge in [-0.15, -0.1) is 0 Å². The fraction of sp³-hybridized carbons (Fsp3) is 0.625. The van der Waals surface area contributed by atoms with Gasteiger partial charge in [-0.2, -0.15) is 11.8 Å². The van der Waals surface area contributed by atoms with Crippen molar-refractivity contribution in [3.63, 3.8) is 0 Å². The van der Waals surface area contributed by atoms with Crippen LogP contribution in [-0.2, 0) is 4.74 Å². The maximum absolute atomic E-state index is 12.7. The maximum Gasteiger partial charge on any atom is 0.184 e. The van der Waals surface area contributed by atoms with Gasteiger partial charge in [0.05, 0.1) is 5.60 Å². The van der Waals surface area contributed by atoms with E-state index in [0.717, 1.165) is 42.8 Å². The molecule has 1 aromatic rings. The van der Waals surface area contributed by atoms with E-state index in [9.17, 15) is 4.79 Å².